The Hall–Kier alpha value is -1.34. The van der Waals surface area contributed by atoms with Gasteiger partial charge in [0.15, 0.2) is 0 Å². The van der Waals surface area contributed by atoms with Crippen LogP contribution >= 0.6 is 0 Å². The number of aliphatic hydroxyl groups excluding tert-OH is 1. The Labute approximate surface area is 96.7 Å². The first-order valence-corrected chi connectivity index (χ1v) is 5.65. The van der Waals surface area contributed by atoms with Gasteiger partial charge in [-0.25, -0.2) is 0 Å². The second kappa shape index (κ2) is 3.91. The van der Waals surface area contributed by atoms with Gasteiger partial charge in [0.2, 0.25) is 0 Å². The van der Waals surface area contributed by atoms with Crippen molar-refractivity contribution >= 4 is 10.8 Å². The van der Waals surface area contributed by atoms with E-state index in [9.17, 15) is 5.11 Å². The van der Waals surface area contributed by atoms with Crippen LogP contribution in [0.2, 0.25) is 0 Å². The van der Waals surface area contributed by atoms with Gasteiger partial charge in [-0.15, -0.1) is 0 Å². The summed E-state index contributed by atoms with van der Waals surface area (Å²) in [5.41, 5.74) is 2.30. The lowest BCUT2D eigenvalue weighted by Crippen LogP contribution is -2.21. The van der Waals surface area contributed by atoms with Crippen LogP contribution in [0.1, 0.15) is 25.0 Å². The summed E-state index contributed by atoms with van der Waals surface area (Å²) in [5, 5.41) is 11.9. The van der Waals surface area contributed by atoms with Crippen molar-refractivity contribution in [3.63, 3.8) is 0 Å². The standard InChI is InChI=1S/C15H18O/c1-11-4-5-13-9-14(15(2,3)10-16)7-6-12(13)8-11/h4-9,16H,10H2,1-3H3. The van der Waals surface area contributed by atoms with Crippen LogP contribution in [0.5, 0.6) is 0 Å². The molecule has 2 rings (SSSR count). The van der Waals surface area contributed by atoms with E-state index in [0.29, 0.717) is 0 Å². The summed E-state index contributed by atoms with van der Waals surface area (Å²) in [7, 11) is 0. The van der Waals surface area contributed by atoms with Crippen LogP contribution in [0.15, 0.2) is 36.4 Å². The van der Waals surface area contributed by atoms with Crippen LogP contribution in [0.3, 0.4) is 0 Å². The van der Waals surface area contributed by atoms with E-state index in [1.807, 2.05) is 0 Å². The van der Waals surface area contributed by atoms with Crippen molar-refractivity contribution in [1.29, 1.82) is 0 Å². The highest BCUT2D eigenvalue weighted by molar-refractivity contribution is 5.84. The predicted octanol–water partition coefficient (Wildman–Crippen LogP) is 3.42. The van der Waals surface area contributed by atoms with Gasteiger partial charge in [-0.1, -0.05) is 55.8 Å². The van der Waals surface area contributed by atoms with E-state index in [0.717, 1.165) is 0 Å². The van der Waals surface area contributed by atoms with Crippen LogP contribution < -0.4 is 0 Å². The molecule has 0 atom stereocenters. The topological polar surface area (TPSA) is 20.2 Å². The van der Waals surface area contributed by atoms with Gasteiger partial charge in [-0.05, 0) is 23.3 Å². The highest BCUT2D eigenvalue weighted by Gasteiger charge is 2.19. The molecule has 0 saturated carbocycles. The molecule has 1 N–H and O–H groups in total. The van der Waals surface area contributed by atoms with Gasteiger partial charge in [0, 0.05) is 5.41 Å². The van der Waals surface area contributed by atoms with Crippen LogP contribution in [0.4, 0.5) is 0 Å². The summed E-state index contributed by atoms with van der Waals surface area (Å²) >= 11 is 0. The van der Waals surface area contributed by atoms with E-state index in [4.69, 9.17) is 0 Å². The number of benzene rings is 2. The van der Waals surface area contributed by atoms with Gasteiger partial charge in [-0.2, -0.15) is 0 Å². The molecule has 16 heavy (non-hydrogen) atoms. The van der Waals surface area contributed by atoms with Crippen molar-refractivity contribution in [2.75, 3.05) is 6.61 Å². The Morgan fingerprint density at radius 1 is 1.00 bits per heavy atom. The molecule has 1 heteroatoms. The third-order valence-electron chi connectivity index (χ3n) is 3.17. The molecule has 0 amide bonds. The fourth-order valence-electron chi connectivity index (χ4n) is 1.88. The monoisotopic (exact) mass is 214 g/mol. The molecule has 0 fully saturated rings. The first-order chi connectivity index (χ1) is 7.53. The number of aliphatic hydroxyl groups is 1. The minimum atomic E-state index is -0.168. The average molecular weight is 214 g/mol. The molecule has 0 bridgehead atoms. The smallest absolute Gasteiger partial charge is 0.0522 e. The molecule has 0 aliphatic heterocycles. The molecule has 1 nitrogen and oxygen atoms in total. The van der Waals surface area contributed by atoms with E-state index in [1.54, 1.807) is 0 Å². The second-order valence-corrected chi connectivity index (χ2v) is 5.11. The first kappa shape index (κ1) is 11.2. The zero-order valence-corrected chi connectivity index (χ0v) is 10.1. The fraction of sp³-hybridized carbons (Fsp3) is 0.333. The molecular formula is C15H18O. The van der Waals surface area contributed by atoms with E-state index in [-0.39, 0.29) is 12.0 Å². The lowest BCUT2D eigenvalue weighted by molar-refractivity contribution is 0.218. The van der Waals surface area contributed by atoms with Gasteiger partial charge in [0.05, 0.1) is 6.61 Å². The van der Waals surface area contributed by atoms with E-state index in [1.165, 1.54) is 21.9 Å². The largest absolute Gasteiger partial charge is 0.395 e. The second-order valence-electron chi connectivity index (χ2n) is 5.11. The molecule has 0 saturated heterocycles. The molecule has 84 valence electrons. The van der Waals surface area contributed by atoms with Crippen molar-refractivity contribution in [3.8, 4) is 0 Å². The number of rotatable bonds is 2. The normalized spacial score (nSPS) is 12.0. The van der Waals surface area contributed by atoms with Crippen molar-refractivity contribution in [2.24, 2.45) is 0 Å². The van der Waals surface area contributed by atoms with Crippen molar-refractivity contribution < 1.29 is 5.11 Å². The van der Waals surface area contributed by atoms with Gasteiger partial charge >= 0.3 is 0 Å². The summed E-state index contributed by atoms with van der Waals surface area (Å²) in [6.45, 7) is 6.39. The molecule has 0 unspecified atom stereocenters. The van der Waals surface area contributed by atoms with Crippen LogP contribution in [0, 0.1) is 6.92 Å². The van der Waals surface area contributed by atoms with E-state index >= 15 is 0 Å². The quantitative estimate of drug-likeness (QED) is 0.812. The Kier molecular flexibility index (Phi) is 2.73. The molecular weight excluding hydrogens is 196 g/mol. The first-order valence-electron chi connectivity index (χ1n) is 5.65. The highest BCUT2D eigenvalue weighted by Crippen LogP contribution is 2.26. The fourth-order valence-corrected chi connectivity index (χ4v) is 1.88. The minimum absolute atomic E-state index is 0.168. The van der Waals surface area contributed by atoms with Crippen LogP contribution in [-0.4, -0.2) is 11.7 Å². The highest BCUT2D eigenvalue weighted by atomic mass is 16.3. The maximum absolute atomic E-state index is 9.36. The molecule has 0 aliphatic carbocycles. The molecule has 0 heterocycles. The van der Waals surface area contributed by atoms with Gasteiger partial charge in [0.1, 0.15) is 0 Å². The van der Waals surface area contributed by atoms with Gasteiger partial charge < -0.3 is 5.11 Å². The number of hydrogen-bond donors (Lipinski definition) is 1. The Morgan fingerprint density at radius 2 is 1.62 bits per heavy atom. The molecule has 0 radical (unpaired) electrons. The van der Waals surface area contributed by atoms with E-state index in [2.05, 4.69) is 57.2 Å². The summed E-state index contributed by atoms with van der Waals surface area (Å²) in [5.74, 6) is 0. The van der Waals surface area contributed by atoms with Crippen LogP contribution in [-0.2, 0) is 5.41 Å². The van der Waals surface area contributed by atoms with Crippen molar-refractivity contribution in [2.45, 2.75) is 26.2 Å². The molecule has 0 spiro atoms. The van der Waals surface area contributed by atoms with Crippen molar-refractivity contribution in [3.05, 3.63) is 47.5 Å². The lowest BCUT2D eigenvalue weighted by Gasteiger charge is -2.22. The third kappa shape index (κ3) is 1.96. The maximum Gasteiger partial charge on any atom is 0.0522 e. The molecule has 0 aliphatic rings. The summed E-state index contributed by atoms with van der Waals surface area (Å²) in [6.07, 6.45) is 0. The van der Waals surface area contributed by atoms with Crippen molar-refractivity contribution in [1.82, 2.24) is 0 Å². The molecule has 0 aromatic heterocycles. The Bertz CT molecular complexity index is 512. The zero-order valence-electron chi connectivity index (χ0n) is 10.1. The SMILES string of the molecule is Cc1ccc2cc(C(C)(C)CO)ccc2c1. The summed E-state index contributed by atoms with van der Waals surface area (Å²) < 4.78 is 0. The third-order valence-corrected chi connectivity index (χ3v) is 3.17. The predicted molar refractivity (Wildman–Crippen MR) is 68.8 cm³/mol. The Morgan fingerprint density at radius 3 is 2.31 bits per heavy atom. The Balaban J connectivity index is 2.57. The summed E-state index contributed by atoms with van der Waals surface area (Å²) in [4.78, 5) is 0. The zero-order chi connectivity index (χ0) is 11.8. The number of aryl methyl sites for hydroxylation is 1. The lowest BCUT2D eigenvalue weighted by atomic mass is 9.84. The van der Waals surface area contributed by atoms with Crippen LogP contribution in [0.25, 0.3) is 10.8 Å². The maximum atomic E-state index is 9.36. The van der Waals surface area contributed by atoms with Gasteiger partial charge in [0.25, 0.3) is 0 Å². The average Bonchev–Trinajstić information content (AvgIpc) is 2.28. The molecule has 2 aromatic rings. The van der Waals surface area contributed by atoms with Gasteiger partial charge in [-0.3, -0.25) is 0 Å². The molecule has 2 aromatic carbocycles. The number of fused-ring (bicyclic) bond motifs is 1. The minimum Gasteiger partial charge on any atom is -0.395 e. The summed E-state index contributed by atoms with van der Waals surface area (Å²) in [6, 6.07) is 12.9. The van der Waals surface area contributed by atoms with E-state index < -0.39 is 0 Å². The number of hydrogen-bond acceptors (Lipinski definition) is 1.